The van der Waals surface area contributed by atoms with Crippen LogP contribution in [0.4, 0.5) is 17.6 Å². The highest BCUT2D eigenvalue weighted by atomic mass is 19.3. The summed E-state index contributed by atoms with van der Waals surface area (Å²) < 4.78 is 49.8. The van der Waals surface area contributed by atoms with Crippen LogP contribution in [0.5, 0.6) is 0 Å². The lowest BCUT2D eigenvalue weighted by atomic mass is 10.1. The van der Waals surface area contributed by atoms with Crippen molar-refractivity contribution >= 4 is 5.91 Å². The summed E-state index contributed by atoms with van der Waals surface area (Å²) in [6.07, 6.45) is -8.06. The molecular weight excluding hydrogens is 294 g/mol. The van der Waals surface area contributed by atoms with Gasteiger partial charge in [0.25, 0.3) is 5.91 Å². The summed E-state index contributed by atoms with van der Waals surface area (Å²) in [4.78, 5) is 15.2. The summed E-state index contributed by atoms with van der Waals surface area (Å²) in [6, 6.07) is 8.02. The maximum Gasteiger partial charge on any atom is 0.480 e. The van der Waals surface area contributed by atoms with Crippen molar-refractivity contribution < 1.29 is 27.2 Å². The molecule has 1 amide bonds. The van der Waals surface area contributed by atoms with Gasteiger partial charge in [-0.05, 0) is 0 Å². The molecule has 1 aromatic heterocycles. The van der Waals surface area contributed by atoms with Crippen molar-refractivity contribution in [3.8, 4) is 11.3 Å². The van der Waals surface area contributed by atoms with Crippen LogP contribution in [0.25, 0.3) is 11.3 Å². The largest absolute Gasteiger partial charge is 0.480 e. The highest BCUT2D eigenvalue weighted by Crippen LogP contribution is 2.24. The minimum absolute atomic E-state index is 0.0480. The Balaban J connectivity index is 2.41. The van der Waals surface area contributed by atoms with Gasteiger partial charge in [0.1, 0.15) is 5.69 Å². The molecular formula is C12H9F4N3O2. The number of carbonyl (C=O) groups excluding carboxylic acids is 1. The van der Waals surface area contributed by atoms with Crippen LogP contribution in [0.1, 0.15) is 10.4 Å². The fourth-order valence-corrected chi connectivity index (χ4v) is 1.55. The van der Waals surface area contributed by atoms with Crippen molar-refractivity contribution in [2.75, 3.05) is 0 Å². The fraction of sp³-hybridized carbons (Fsp3) is 0.167. The Morgan fingerprint density at radius 2 is 1.90 bits per heavy atom. The second kappa shape index (κ2) is 5.43. The lowest BCUT2D eigenvalue weighted by molar-refractivity contribution is -0.304. The van der Waals surface area contributed by atoms with Crippen LogP contribution < -0.4 is 10.6 Å². The topological polar surface area (TPSA) is 70.1 Å². The monoisotopic (exact) mass is 303 g/mol. The molecule has 2 rings (SSSR count). The maximum absolute atomic E-state index is 12.8. The molecule has 0 aliphatic heterocycles. The number of benzene rings is 1. The Morgan fingerprint density at radius 3 is 2.43 bits per heavy atom. The molecule has 2 N–H and O–H groups in total. The lowest BCUT2D eigenvalue weighted by Crippen LogP contribution is -2.39. The van der Waals surface area contributed by atoms with E-state index in [1.165, 1.54) is 0 Å². The van der Waals surface area contributed by atoms with Crippen molar-refractivity contribution in [2.24, 2.45) is 5.73 Å². The number of amides is 1. The van der Waals surface area contributed by atoms with Gasteiger partial charge in [0.05, 0.1) is 11.8 Å². The molecule has 2 aromatic rings. The third-order valence-corrected chi connectivity index (χ3v) is 2.48. The molecule has 112 valence electrons. The molecule has 0 atom stereocenters. The molecule has 0 unspecified atom stereocenters. The summed E-state index contributed by atoms with van der Waals surface area (Å²) in [7, 11) is 0. The van der Waals surface area contributed by atoms with Gasteiger partial charge in [0.2, 0.25) is 0 Å². The average Bonchev–Trinajstić information content (AvgIpc) is 2.83. The van der Waals surface area contributed by atoms with E-state index in [0.717, 1.165) is 6.20 Å². The quantitative estimate of drug-likeness (QED) is 0.858. The molecule has 21 heavy (non-hydrogen) atoms. The number of halogens is 4. The smallest absolute Gasteiger partial charge is 0.365 e. The summed E-state index contributed by atoms with van der Waals surface area (Å²) >= 11 is 0. The van der Waals surface area contributed by atoms with Gasteiger partial charge in [-0.1, -0.05) is 35.2 Å². The molecule has 0 fully saturated rings. The summed E-state index contributed by atoms with van der Waals surface area (Å²) in [6.45, 7) is 0. The van der Waals surface area contributed by atoms with Gasteiger partial charge in [-0.25, -0.2) is 0 Å². The minimum Gasteiger partial charge on any atom is -0.365 e. The number of nitrogens with zero attached hydrogens (tertiary/aromatic N) is 2. The van der Waals surface area contributed by atoms with Crippen molar-refractivity contribution in [3.63, 3.8) is 0 Å². The molecule has 0 saturated heterocycles. The first kappa shape index (κ1) is 14.8. The van der Waals surface area contributed by atoms with E-state index in [2.05, 4.69) is 9.94 Å². The van der Waals surface area contributed by atoms with Gasteiger partial charge in [-0.2, -0.15) is 17.6 Å². The van der Waals surface area contributed by atoms with Gasteiger partial charge in [-0.3, -0.25) is 4.79 Å². The molecule has 0 aliphatic carbocycles. The minimum atomic E-state index is -4.74. The van der Waals surface area contributed by atoms with Crippen LogP contribution in [-0.2, 0) is 0 Å². The van der Waals surface area contributed by atoms with Gasteiger partial charge >= 0.3 is 12.5 Å². The third kappa shape index (κ3) is 3.12. The fourth-order valence-electron chi connectivity index (χ4n) is 1.55. The van der Waals surface area contributed by atoms with E-state index in [4.69, 9.17) is 5.73 Å². The third-order valence-electron chi connectivity index (χ3n) is 2.48. The van der Waals surface area contributed by atoms with E-state index in [0.29, 0.717) is 5.56 Å². The SMILES string of the molecule is NC(=O)c1cn(OC(F)(F)C(F)F)nc1-c1ccccc1. The van der Waals surface area contributed by atoms with Crippen LogP contribution in [0.2, 0.25) is 0 Å². The Kier molecular flexibility index (Phi) is 3.83. The maximum atomic E-state index is 12.8. The molecule has 1 heterocycles. The second-order valence-corrected chi connectivity index (χ2v) is 3.98. The molecule has 0 aliphatic rings. The summed E-state index contributed by atoms with van der Waals surface area (Å²) in [5.41, 5.74) is 5.22. The summed E-state index contributed by atoms with van der Waals surface area (Å²) in [5, 5.41) is 3.55. The average molecular weight is 303 g/mol. The number of alkyl halides is 4. The van der Waals surface area contributed by atoms with Crippen LogP contribution >= 0.6 is 0 Å². The first-order valence-electron chi connectivity index (χ1n) is 5.61. The van der Waals surface area contributed by atoms with Crippen molar-refractivity contribution in [1.29, 1.82) is 0 Å². The first-order chi connectivity index (χ1) is 9.81. The van der Waals surface area contributed by atoms with Crippen LogP contribution in [0.15, 0.2) is 36.5 Å². The van der Waals surface area contributed by atoms with E-state index in [1.807, 2.05) is 0 Å². The second-order valence-electron chi connectivity index (χ2n) is 3.98. The van der Waals surface area contributed by atoms with E-state index >= 15 is 0 Å². The predicted molar refractivity (Wildman–Crippen MR) is 63.7 cm³/mol. The van der Waals surface area contributed by atoms with E-state index in [1.54, 1.807) is 30.3 Å². The zero-order chi connectivity index (χ0) is 15.6. The number of hydrogen-bond donors (Lipinski definition) is 1. The summed E-state index contributed by atoms with van der Waals surface area (Å²) in [5.74, 6) is -0.955. The van der Waals surface area contributed by atoms with E-state index < -0.39 is 18.4 Å². The Labute approximate surface area is 115 Å². The van der Waals surface area contributed by atoms with E-state index in [-0.39, 0.29) is 16.1 Å². The van der Waals surface area contributed by atoms with Crippen molar-refractivity contribution in [2.45, 2.75) is 12.5 Å². The standard InChI is InChI=1S/C12H9F4N3O2/c13-11(14)12(15,16)21-19-6-8(10(17)20)9(18-19)7-4-2-1-3-5-7/h1-6,11H,(H2,17,20). The highest BCUT2D eigenvalue weighted by Gasteiger charge is 2.45. The first-order valence-corrected chi connectivity index (χ1v) is 5.61. The number of primary amides is 1. The van der Waals surface area contributed by atoms with Gasteiger partial charge in [0.15, 0.2) is 0 Å². The Hall–Kier alpha value is -2.58. The molecule has 0 radical (unpaired) electrons. The molecule has 0 bridgehead atoms. The van der Waals surface area contributed by atoms with Gasteiger partial charge in [-0.15, -0.1) is 5.10 Å². The van der Waals surface area contributed by atoms with Gasteiger partial charge < -0.3 is 10.6 Å². The normalized spacial score (nSPS) is 11.7. The zero-order valence-corrected chi connectivity index (χ0v) is 10.3. The number of carbonyl (C=O) groups is 1. The molecule has 0 spiro atoms. The molecule has 1 aromatic carbocycles. The van der Waals surface area contributed by atoms with Crippen LogP contribution in [0, 0.1) is 0 Å². The van der Waals surface area contributed by atoms with Crippen LogP contribution in [-0.4, -0.2) is 28.4 Å². The van der Waals surface area contributed by atoms with Crippen molar-refractivity contribution in [3.05, 3.63) is 42.1 Å². The van der Waals surface area contributed by atoms with Crippen LogP contribution in [0.3, 0.4) is 0 Å². The van der Waals surface area contributed by atoms with Crippen molar-refractivity contribution in [1.82, 2.24) is 9.94 Å². The lowest BCUT2D eigenvalue weighted by Gasteiger charge is -2.14. The Bertz CT molecular complexity index is 643. The molecule has 0 saturated carbocycles. The highest BCUT2D eigenvalue weighted by molar-refractivity contribution is 5.98. The Morgan fingerprint density at radius 1 is 1.29 bits per heavy atom. The number of rotatable bonds is 5. The number of nitrogens with two attached hydrogens (primary N) is 1. The molecule has 9 heteroatoms. The van der Waals surface area contributed by atoms with E-state index in [9.17, 15) is 22.4 Å². The van der Waals surface area contributed by atoms with Gasteiger partial charge in [0, 0.05) is 5.56 Å². The predicted octanol–water partition coefficient (Wildman–Crippen LogP) is 1.94. The number of aromatic nitrogens is 2. The number of hydrogen-bond acceptors (Lipinski definition) is 3. The zero-order valence-electron chi connectivity index (χ0n) is 10.3. The molecule has 5 nitrogen and oxygen atoms in total.